The Morgan fingerprint density at radius 2 is 2.00 bits per heavy atom. The molecule has 3 rings (SSSR count). The van der Waals surface area contributed by atoms with Crippen molar-refractivity contribution < 1.29 is 9.84 Å². The fourth-order valence-electron chi connectivity index (χ4n) is 2.59. The van der Waals surface area contributed by atoms with Crippen LogP contribution in [0.1, 0.15) is 24.1 Å². The van der Waals surface area contributed by atoms with Gasteiger partial charge in [-0.05, 0) is 26.0 Å². The van der Waals surface area contributed by atoms with Gasteiger partial charge in [0.15, 0.2) is 5.82 Å². The van der Waals surface area contributed by atoms with Gasteiger partial charge in [-0.1, -0.05) is 6.07 Å². The SMILES string of the molecule is Cc1nc(-c2ccccn2)nc(NCC2(O)CCOCC2)c1C. The summed E-state index contributed by atoms with van der Waals surface area (Å²) in [5.74, 6) is 1.34. The van der Waals surface area contributed by atoms with Gasteiger partial charge in [0.1, 0.15) is 11.5 Å². The molecule has 2 aromatic rings. The molecule has 1 aliphatic heterocycles. The maximum atomic E-state index is 10.6. The third-order valence-electron chi connectivity index (χ3n) is 4.29. The van der Waals surface area contributed by atoms with Crippen LogP contribution in [-0.2, 0) is 4.74 Å². The predicted molar refractivity (Wildman–Crippen MR) is 88.2 cm³/mol. The number of anilines is 1. The average molecular weight is 314 g/mol. The monoisotopic (exact) mass is 314 g/mol. The van der Waals surface area contributed by atoms with Crippen molar-refractivity contribution in [2.24, 2.45) is 0 Å². The van der Waals surface area contributed by atoms with Crippen LogP contribution in [0.4, 0.5) is 5.82 Å². The third-order valence-corrected chi connectivity index (χ3v) is 4.29. The average Bonchev–Trinajstić information content (AvgIpc) is 2.57. The zero-order valence-corrected chi connectivity index (χ0v) is 13.5. The summed E-state index contributed by atoms with van der Waals surface area (Å²) >= 11 is 0. The van der Waals surface area contributed by atoms with E-state index in [9.17, 15) is 5.11 Å². The first-order valence-electron chi connectivity index (χ1n) is 7.88. The molecule has 6 nitrogen and oxygen atoms in total. The highest BCUT2D eigenvalue weighted by molar-refractivity contribution is 5.56. The Morgan fingerprint density at radius 1 is 1.22 bits per heavy atom. The number of hydrogen-bond donors (Lipinski definition) is 2. The van der Waals surface area contributed by atoms with Gasteiger partial charge in [0, 0.05) is 50.1 Å². The summed E-state index contributed by atoms with van der Waals surface area (Å²) in [6.07, 6.45) is 3.00. The van der Waals surface area contributed by atoms with E-state index in [1.54, 1.807) is 6.20 Å². The molecule has 6 heteroatoms. The van der Waals surface area contributed by atoms with E-state index in [1.165, 1.54) is 0 Å². The maximum Gasteiger partial charge on any atom is 0.180 e. The molecule has 122 valence electrons. The molecule has 0 atom stereocenters. The van der Waals surface area contributed by atoms with Crippen molar-refractivity contribution in [3.63, 3.8) is 0 Å². The van der Waals surface area contributed by atoms with Crippen LogP contribution in [0.5, 0.6) is 0 Å². The minimum Gasteiger partial charge on any atom is -0.388 e. The van der Waals surface area contributed by atoms with E-state index in [0.29, 0.717) is 38.4 Å². The van der Waals surface area contributed by atoms with Crippen LogP contribution >= 0.6 is 0 Å². The van der Waals surface area contributed by atoms with Crippen molar-refractivity contribution in [3.8, 4) is 11.5 Å². The number of ether oxygens (including phenoxy) is 1. The van der Waals surface area contributed by atoms with Gasteiger partial charge in [0.2, 0.25) is 0 Å². The lowest BCUT2D eigenvalue weighted by molar-refractivity contribution is -0.0543. The number of aromatic nitrogens is 3. The van der Waals surface area contributed by atoms with E-state index >= 15 is 0 Å². The van der Waals surface area contributed by atoms with Gasteiger partial charge in [0.05, 0.1) is 5.60 Å². The van der Waals surface area contributed by atoms with Crippen LogP contribution in [0.15, 0.2) is 24.4 Å². The van der Waals surface area contributed by atoms with Crippen molar-refractivity contribution in [1.82, 2.24) is 15.0 Å². The van der Waals surface area contributed by atoms with Gasteiger partial charge < -0.3 is 15.2 Å². The molecule has 0 unspecified atom stereocenters. The minimum absolute atomic E-state index is 0.454. The van der Waals surface area contributed by atoms with Crippen LogP contribution in [0.2, 0.25) is 0 Å². The van der Waals surface area contributed by atoms with E-state index in [1.807, 2.05) is 32.0 Å². The highest BCUT2D eigenvalue weighted by Gasteiger charge is 2.29. The van der Waals surface area contributed by atoms with Crippen LogP contribution in [0, 0.1) is 13.8 Å². The first-order valence-corrected chi connectivity index (χ1v) is 7.88. The Balaban J connectivity index is 1.82. The van der Waals surface area contributed by atoms with Gasteiger partial charge in [-0.2, -0.15) is 0 Å². The summed E-state index contributed by atoms with van der Waals surface area (Å²) < 4.78 is 5.32. The Bertz CT molecular complexity index is 670. The van der Waals surface area contributed by atoms with E-state index in [-0.39, 0.29) is 0 Å². The predicted octanol–water partition coefficient (Wildman–Crippen LogP) is 2.11. The lowest BCUT2D eigenvalue weighted by Gasteiger charge is -2.32. The zero-order valence-electron chi connectivity index (χ0n) is 13.5. The summed E-state index contributed by atoms with van der Waals surface area (Å²) in [6, 6.07) is 5.67. The molecule has 3 heterocycles. The standard InChI is InChI=1S/C17H22N4O2/c1-12-13(2)20-16(14-5-3-4-8-18-14)21-15(12)19-11-17(22)6-9-23-10-7-17/h3-5,8,22H,6-7,9-11H2,1-2H3,(H,19,20,21). The summed E-state index contributed by atoms with van der Waals surface area (Å²) in [4.78, 5) is 13.4. The van der Waals surface area contributed by atoms with Crippen molar-refractivity contribution in [1.29, 1.82) is 0 Å². The van der Waals surface area contributed by atoms with Gasteiger partial charge in [0.25, 0.3) is 0 Å². The van der Waals surface area contributed by atoms with Crippen molar-refractivity contribution in [2.45, 2.75) is 32.3 Å². The number of nitrogens with one attached hydrogen (secondary N) is 1. The Morgan fingerprint density at radius 3 is 2.70 bits per heavy atom. The Labute approximate surface area is 136 Å². The van der Waals surface area contributed by atoms with Crippen molar-refractivity contribution in [3.05, 3.63) is 35.7 Å². The molecule has 0 aliphatic carbocycles. The Kier molecular flexibility index (Phi) is 4.54. The first kappa shape index (κ1) is 15.8. The molecule has 1 aliphatic rings. The largest absolute Gasteiger partial charge is 0.388 e. The molecule has 0 aromatic carbocycles. The lowest BCUT2D eigenvalue weighted by atomic mass is 9.94. The number of hydrogen-bond acceptors (Lipinski definition) is 6. The minimum atomic E-state index is -0.741. The molecule has 0 amide bonds. The molecule has 0 bridgehead atoms. The molecular formula is C17H22N4O2. The highest BCUT2D eigenvalue weighted by Crippen LogP contribution is 2.24. The van der Waals surface area contributed by atoms with Crippen molar-refractivity contribution in [2.75, 3.05) is 25.1 Å². The number of aliphatic hydroxyl groups is 1. The van der Waals surface area contributed by atoms with Gasteiger partial charge in [-0.25, -0.2) is 9.97 Å². The maximum absolute atomic E-state index is 10.6. The topological polar surface area (TPSA) is 80.2 Å². The second-order valence-corrected chi connectivity index (χ2v) is 6.01. The number of nitrogens with zero attached hydrogens (tertiary/aromatic N) is 3. The lowest BCUT2D eigenvalue weighted by Crippen LogP contribution is -2.42. The van der Waals surface area contributed by atoms with Crippen LogP contribution in [-0.4, -0.2) is 45.4 Å². The normalized spacial score (nSPS) is 17.0. The van der Waals surface area contributed by atoms with Gasteiger partial charge >= 0.3 is 0 Å². The van der Waals surface area contributed by atoms with E-state index < -0.39 is 5.60 Å². The van der Waals surface area contributed by atoms with Crippen molar-refractivity contribution >= 4 is 5.82 Å². The van der Waals surface area contributed by atoms with Gasteiger partial charge in [-0.15, -0.1) is 0 Å². The fourth-order valence-corrected chi connectivity index (χ4v) is 2.59. The summed E-state index contributed by atoms with van der Waals surface area (Å²) in [5, 5.41) is 13.9. The first-order chi connectivity index (χ1) is 11.1. The van der Waals surface area contributed by atoms with Gasteiger partial charge in [-0.3, -0.25) is 4.98 Å². The number of rotatable bonds is 4. The van der Waals surface area contributed by atoms with Crippen LogP contribution < -0.4 is 5.32 Å². The van der Waals surface area contributed by atoms with Crippen LogP contribution in [0.3, 0.4) is 0 Å². The third kappa shape index (κ3) is 3.65. The smallest absolute Gasteiger partial charge is 0.180 e. The summed E-state index contributed by atoms with van der Waals surface area (Å²) in [6.45, 7) is 5.58. The zero-order chi connectivity index (χ0) is 16.3. The summed E-state index contributed by atoms with van der Waals surface area (Å²) in [5.41, 5.74) is 1.89. The second-order valence-electron chi connectivity index (χ2n) is 6.01. The molecule has 0 saturated carbocycles. The highest BCUT2D eigenvalue weighted by atomic mass is 16.5. The molecule has 2 aromatic heterocycles. The quantitative estimate of drug-likeness (QED) is 0.899. The molecule has 1 saturated heterocycles. The fraction of sp³-hybridized carbons (Fsp3) is 0.471. The van der Waals surface area contributed by atoms with Crippen LogP contribution in [0.25, 0.3) is 11.5 Å². The molecular weight excluding hydrogens is 292 g/mol. The molecule has 1 fully saturated rings. The summed E-state index contributed by atoms with van der Waals surface area (Å²) in [7, 11) is 0. The van der Waals surface area contributed by atoms with E-state index in [2.05, 4.69) is 20.3 Å². The number of aryl methyl sites for hydroxylation is 1. The van der Waals surface area contributed by atoms with E-state index in [4.69, 9.17) is 4.74 Å². The molecule has 0 radical (unpaired) electrons. The Hall–Kier alpha value is -2.05. The second kappa shape index (κ2) is 6.60. The van der Waals surface area contributed by atoms with E-state index in [0.717, 1.165) is 22.8 Å². The molecule has 23 heavy (non-hydrogen) atoms. The molecule has 2 N–H and O–H groups in total. The molecule has 0 spiro atoms. The number of pyridine rings is 1.